The maximum absolute atomic E-state index is 11.8. The second kappa shape index (κ2) is 5.40. The van der Waals surface area contributed by atoms with Gasteiger partial charge in [0, 0.05) is 11.3 Å². The molecule has 3 nitrogen and oxygen atoms in total. The Morgan fingerprint density at radius 2 is 2.08 bits per heavy atom. The molecule has 0 bridgehead atoms. The summed E-state index contributed by atoms with van der Waals surface area (Å²) in [7, 11) is 0. The van der Waals surface area contributed by atoms with Crippen LogP contribution < -0.4 is 0 Å². The van der Waals surface area contributed by atoms with Crippen molar-refractivity contribution in [2.45, 2.75) is 52.1 Å². The highest BCUT2D eigenvalue weighted by Gasteiger charge is 2.60. The topological polar surface area (TPSA) is 57.5 Å². The molecule has 3 saturated carbocycles. The van der Waals surface area contributed by atoms with Crippen LogP contribution in [0.5, 0.6) is 0 Å². The predicted octanol–water partition coefficient (Wildman–Crippen LogP) is 3.18. The summed E-state index contributed by atoms with van der Waals surface area (Å²) in [5.74, 6) is 1.36. The van der Waals surface area contributed by atoms with Crippen LogP contribution in [0.4, 0.5) is 0 Å². The Hall–Kier alpha value is -1.19. The van der Waals surface area contributed by atoms with E-state index < -0.39 is 0 Å². The maximum Gasteiger partial charge on any atom is 0.178 e. The van der Waals surface area contributed by atoms with Gasteiger partial charge in [0.1, 0.15) is 0 Å². The van der Waals surface area contributed by atoms with E-state index in [0.717, 1.165) is 32.1 Å². The number of aliphatic hydroxyl groups is 2. The lowest BCUT2D eigenvalue weighted by Gasteiger charge is -2.58. The smallest absolute Gasteiger partial charge is 0.178 e. The first-order chi connectivity index (χ1) is 11.4. The highest BCUT2D eigenvalue weighted by Crippen LogP contribution is 2.65. The van der Waals surface area contributed by atoms with Gasteiger partial charge in [0.25, 0.3) is 0 Å². The first-order valence-electron chi connectivity index (χ1n) is 9.33. The van der Waals surface area contributed by atoms with Crippen molar-refractivity contribution in [1.29, 1.82) is 0 Å². The lowest BCUT2D eigenvalue weighted by Crippen LogP contribution is -2.55. The molecule has 4 aliphatic carbocycles. The number of allylic oxidation sites excluding steroid dienone is 5. The lowest BCUT2D eigenvalue weighted by atomic mass is 9.47. The molecule has 6 atom stereocenters. The Bertz CT molecular complexity index is 658. The monoisotopic (exact) mass is 328 g/mol. The molecule has 0 radical (unpaired) electrons. The molecule has 0 aromatic rings. The number of fused-ring (bicyclic) bond motifs is 5. The van der Waals surface area contributed by atoms with Crippen LogP contribution in [0, 0.1) is 28.6 Å². The average molecular weight is 328 g/mol. The van der Waals surface area contributed by atoms with E-state index in [1.54, 1.807) is 6.08 Å². The molecule has 0 unspecified atom stereocenters. The number of hydrogen-bond donors (Lipinski definition) is 2. The predicted molar refractivity (Wildman–Crippen MR) is 93.2 cm³/mol. The van der Waals surface area contributed by atoms with Crippen molar-refractivity contribution in [3.63, 3.8) is 0 Å². The molecule has 3 fully saturated rings. The summed E-state index contributed by atoms with van der Waals surface area (Å²) in [6.07, 6.45) is 12.2. The van der Waals surface area contributed by atoms with Gasteiger partial charge in [-0.05, 0) is 61.5 Å². The minimum Gasteiger partial charge on any atom is -0.393 e. The van der Waals surface area contributed by atoms with Crippen molar-refractivity contribution in [3.05, 3.63) is 35.5 Å². The minimum absolute atomic E-state index is 0.0229. The molecule has 3 heteroatoms. The van der Waals surface area contributed by atoms with Gasteiger partial charge in [0.05, 0.1) is 12.7 Å². The van der Waals surface area contributed by atoms with E-state index >= 15 is 0 Å². The number of ketones is 1. The molecule has 130 valence electrons. The first kappa shape index (κ1) is 16.3. The lowest BCUT2D eigenvalue weighted by molar-refractivity contribution is -0.112. The molecule has 0 aromatic carbocycles. The Kier molecular flexibility index (Phi) is 3.67. The number of rotatable bonds is 1. The second-order valence-electron chi connectivity index (χ2n) is 8.66. The van der Waals surface area contributed by atoms with Crippen LogP contribution in [-0.2, 0) is 4.79 Å². The number of carbonyl (C=O) groups is 1. The molecule has 24 heavy (non-hydrogen) atoms. The van der Waals surface area contributed by atoms with Gasteiger partial charge in [-0.1, -0.05) is 37.1 Å². The highest BCUT2D eigenvalue weighted by atomic mass is 16.3. The Balaban J connectivity index is 1.74. The fourth-order valence-corrected chi connectivity index (χ4v) is 6.62. The zero-order valence-electron chi connectivity index (χ0n) is 14.7. The molecule has 0 aromatic heterocycles. The third-order valence-electron chi connectivity index (χ3n) is 7.68. The molecular formula is C21H28O3. The van der Waals surface area contributed by atoms with Crippen LogP contribution >= 0.6 is 0 Å². The highest BCUT2D eigenvalue weighted by molar-refractivity contribution is 6.01. The van der Waals surface area contributed by atoms with Crippen molar-refractivity contribution < 1.29 is 15.0 Å². The normalized spacial score (nSPS) is 48.8. The summed E-state index contributed by atoms with van der Waals surface area (Å²) < 4.78 is 0. The van der Waals surface area contributed by atoms with E-state index in [1.807, 2.05) is 12.2 Å². The van der Waals surface area contributed by atoms with Crippen molar-refractivity contribution >= 4 is 5.78 Å². The van der Waals surface area contributed by atoms with E-state index in [2.05, 4.69) is 19.9 Å². The SMILES string of the molecule is C[C@]12C=CC(=O)C=C1CC[C@@H]1[C@@H]2[C@H](O)C[C@@]2(C)/C(=C\CO)CC[C@@H]12. The largest absolute Gasteiger partial charge is 0.393 e. The van der Waals surface area contributed by atoms with Gasteiger partial charge in [-0.25, -0.2) is 0 Å². The summed E-state index contributed by atoms with van der Waals surface area (Å²) in [4.78, 5) is 11.8. The van der Waals surface area contributed by atoms with E-state index in [9.17, 15) is 15.0 Å². The zero-order valence-corrected chi connectivity index (χ0v) is 14.7. The Labute approximate surface area is 144 Å². The zero-order chi connectivity index (χ0) is 17.1. The fourth-order valence-electron chi connectivity index (χ4n) is 6.62. The summed E-state index contributed by atoms with van der Waals surface area (Å²) in [6.45, 7) is 4.60. The molecule has 4 rings (SSSR count). The summed E-state index contributed by atoms with van der Waals surface area (Å²) in [6, 6.07) is 0. The van der Waals surface area contributed by atoms with Crippen molar-refractivity contribution in [1.82, 2.24) is 0 Å². The van der Waals surface area contributed by atoms with Crippen molar-refractivity contribution in [2.75, 3.05) is 6.61 Å². The summed E-state index contributed by atoms with van der Waals surface area (Å²) in [5, 5.41) is 20.5. The first-order valence-corrected chi connectivity index (χ1v) is 9.33. The third-order valence-corrected chi connectivity index (χ3v) is 7.68. The van der Waals surface area contributed by atoms with Crippen LogP contribution in [0.15, 0.2) is 35.5 Å². The van der Waals surface area contributed by atoms with Gasteiger partial charge < -0.3 is 10.2 Å². The van der Waals surface area contributed by atoms with Crippen molar-refractivity contribution in [3.8, 4) is 0 Å². The maximum atomic E-state index is 11.8. The fraction of sp³-hybridized carbons (Fsp3) is 0.667. The molecule has 0 heterocycles. The average Bonchev–Trinajstić information content (AvgIpc) is 2.84. The van der Waals surface area contributed by atoms with Gasteiger partial charge >= 0.3 is 0 Å². The molecule has 0 saturated heterocycles. The van der Waals surface area contributed by atoms with Crippen LogP contribution in [0.25, 0.3) is 0 Å². The van der Waals surface area contributed by atoms with Gasteiger partial charge in [-0.2, -0.15) is 0 Å². The number of carbonyl (C=O) groups excluding carboxylic acids is 1. The molecule has 2 N–H and O–H groups in total. The van der Waals surface area contributed by atoms with E-state index in [4.69, 9.17) is 0 Å². The Morgan fingerprint density at radius 3 is 2.83 bits per heavy atom. The molecule has 4 aliphatic rings. The van der Waals surface area contributed by atoms with Gasteiger partial charge in [0.15, 0.2) is 5.78 Å². The third kappa shape index (κ3) is 2.07. The Morgan fingerprint density at radius 1 is 1.29 bits per heavy atom. The molecular weight excluding hydrogens is 300 g/mol. The summed E-state index contributed by atoms with van der Waals surface area (Å²) >= 11 is 0. The van der Waals surface area contributed by atoms with E-state index in [1.165, 1.54) is 11.1 Å². The van der Waals surface area contributed by atoms with Crippen LogP contribution in [0.2, 0.25) is 0 Å². The van der Waals surface area contributed by atoms with E-state index in [0.29, 0.717) is 11.8 Å². The van der Waals surface area contributed by atoms with Gasteiger partial charge in [-0.15, -0.1) is 0 Å². The minimum atomic E-state index is -0.358. The molecule has 0 spiro atoms. The molecule has 0 amide bonds. The second-order valence-corrected chi connectivity index (χ2v) is 8.66. The number of aliphatic hydroxyl groups excluding tert-OH is 2. The van der Waals surface area contributed by atoms with Gasteiger partial charge in [0.2, 0.25) is 0 Å². The van der Waals surface area contributed by atoms with Crippen LogP contribution in [-0.4, -0.2) is 28.7 Å². The summed E-state index contributed by atoms with van der Waals surface area (Å²) in [5.41, 5.74) is 2.40. The van der Waals surface area contributed by atoms with Gasteiger partial charge in [-0.3, -0.25) is 4.79 Å². The van der Waals surface area contributed by atoms with Crippen LogP contribution in [0.1, 0.15) is 46.0 Å². The standard InChI is InChI=1S/C21H28O3/c1-20-9-7-15(23)11-14(20)3-5-16-17-6-4-13(8-10-22)21(17,2)12-18(24)19(16)20/h7-9,11,16-19,22,24H,3-6,10,12H2,1-2H3/b13-8-/t16-,17-,18+,19+,20-,21-/m0/s1. The number of hydrogen-bond acceptors (Lipinski definition) is 3. The van der Waals surface area contributed by atoms with E-state index in [-0.39, 0.29) is 35.2 Å². The van der Waals surface area contributed by atoms with Crippen molar-refractivity contribution in [2.24, 2.45) is 28.6 Å². The molecule has 0 aliphatic heterocycles. The quantitative estimate of drug-likeness (QED) is 0.727. The van der Waals surface area contributed by atoms with Crippen LogP contribution in [0.3, 0.4) is 0 Å².